The highest BCUT2D eigenvalue weighted by Gasteiger charge is 2.18. The van der Waals surface area contributed by atoms with Crippen LogP contribution in [0.25, 0.3) is 0 Å². The fourth-order valence-electron chi connectivity index (χ4n) is 2.42. The van der Waals surface area contributed by atoms with E-state index >= 15 is 0 Å². The molecule has 1 fully saturated rings. The topological polar surface area (TPSA) is 29.9 Å². The van der Waals surface area contributed by atoms with Gasteiger partial charge in [0.1, 0.15) is 0 Å². The molecule has 1 heterocycles. The number of nitrogens with one attached hydrogen (secondary N) is 1. The Kier molecular flexibility index (Phi) is 4.60. The molecule has 0 spiro atoms. The predicted octanol–water partition coefficient (Wildman–Crippen LogP) is 3.13. The maximum atomic E-state index is 4.49. The fourth-order valence-corrected chi connectivity index (χ4v) is 2.42. The third kappa shape index (κ3) is 3.32. The molecule has 0 radical (unpaired) electrons. The summed E-state index contributed by atoms with van der Waals surface area (Å²) < 4.78 is 2.13. The molecule has 1 aromatic heterocycles. The van der Waals surface area contributed by atoms with Crippen LogP contribution < -0.4 is 5.32 Å². The van der Waals surface area contributed by atoms with Gasteiger partial charge < -0.3 is 5.32 Å². The molecule has 3 heteroatoms. The Morgan fingerprint density at radius 2 is 2.29 bits per heavy atom. The molecular weight excluding hydrogens is 210 g/mol. The highest BCUT2D eigenvalue weighted by molar-refractivity contribution is 5.10. The van der Waals surface area contributed by atoms with Crippen LogP contribution in [0.5, 0.6) is 0 Å². The van der Waals surface area contributed by atoms with E-state index < -0.39 is 0 Å². The second kappa shape index (κ2) is 6.20. The summed E-state index contributed by atoms with van der Waals surface area (Å²) >= 11 is 0. The van der Waals surface area contributed by atoms with Gasteiger partial charge >= 0.3 is 0 Å². The number of nitrogens with zero attached hydrogens (tertiary/aromatic N) is 2. The summed E-state index contributed by atoms with van der Waals surface area (Å²) in [6.45, 7) is 6.65. The Morgan fingerprint density at radius 1 is 1.47 bits per heavy atom. The smallest absolute Gasteiger partial charge is 0.0537 e. The van der Waals surface area contributed by atoms with Crippen LogP contribution in [0.15, 0.2) is 12.4 Å². The van der Waals surface area contributed by atoms with Crippen LogP contribution in [0, 0.1) is 5.92 Å². The molecule has 0 amide bonds. The molecule has 1 aliphatic carbocycles. The minimum Gasteiger partial charge on any atom is -0.310 e. The van der Waals surface area contributed by atoms with Crippen molar-refractivity contribution in [3.63, 3.8) is 0 Å². The minimum absolute atomic E-state index is 0.477. The normalized spacial score (nSPS) is 18.0. The molecule has 1 saturated carbocycles. The fraction of sp³-hybridized carbons (Fsp3) is 0.786. The first-order chi connectivity index (χ1) is 8.33. The van der Waals surface area contributed by atoms with Gasteiger partial charge in [0.05, 0.1) is 6.20 Å². The van der Waals surface area contributed by atoms with Crippen LogP contribution >= 0.6 is 0 Å². The molecule has 1 unspecified atom stereocenters. The van der Waals surface area contributed by atoms with Gasteiger partial charge in [0, 0.05) is 24.3 Å². The van der Waals surface area contributed by atoms with E-state index in [0.717, 1.165) is 25.4 Å². The monoisotopic (exact) mass is 235 g/mol. The lowest BCUT2D eigenvalue weighted by Gasteiger charge is -2.24. The van der Waals surface area contributed by atoms with Gasteiger partial charge in [0.15, 0.2) is 0 Å². The van der Waals surface area contributed by atoms with Gasteiger partial charge in [-0.2, -0.15) is 5.10 Å². The third-order valence-electron chi connectivity index (χ3n) is 3.77. The van der Waals surface area contributed by atoms with E-state index in [9.17, 15) is 0 Å². The summed E-state index contributed by atoms with van der Waals surface area (Å²) in [5.74, 6) is 0.881. The van der Waals surface area contributed by atoms with E-state index in [2.05, 4.69) is 35.1 Å². The average Bonchev–Trinajstić information content (AvgIpc) is 2.73. The van der Waals surface area contributed by atoms with Crippen molar-refractivity contribution >= 4 is 0 Å². The summed E-state index contributed by atoms with van der Waals surface area (Å²) in [6, 6.07) is 0.477. The lowest BCUT2D eigenvalue weighted by Crippen LogP contribution is -2.21. The number of aromatic nitrogens is 2. The second-order valence-corrected chi connectivity index (χ2v) is 5.21. The van der Waals surface area contributed by atoms with E-state index in [1.165, 1.54) is 31.2 Å². The van der Waals surface area contributed by atoms with Crippen LogP contribution in [-0.2, 0) is 6.54 Å². The van der Waals surface area contributed by atoms with Crippen molar-refractivity contribution in [1.29, 1.82) is 0 Å². The number of hydrogen-bond acceptors (Lipinski definition) is 2. The molecule has 1 aliphatic rings. The zero-order valence-electron chi connectivity index (χ0n) is 11.2. The first kappa shape index (κ1) is 12.6. The van der Waals surface area contributed by atoms with Crippen molar-refractivity contribution in [3.8, 4) is 0 Å². The molecule has 2 rings (SSSR count). The van der Waals surface area contributed by atoms with E-state index in [-0.39, 0.29) is 0 Å². The molecule has 0 aromatic carbocycles. The van der Waals surface area contributed by atoms with E-state index in [4.69, 9.17) is 0 Å². The molecule has 1 N–H and O–H groups in total. The summed E-state index contributed by atoms with van der Waals surface area (Å²) in [7, 11) is 0. The average molecular weight is 235 g/mol. The van der Waals surface area contributed by atoms with E-state index in [0.29, 0.717) is 6.04 Å². The highest BCUT2D eigenvalue weighted by Crippen LogP contribution is 2.28. The summed E-state index contributed by atoms with van der Waals surface area (Å²) in [4.78, 5) is 0. The Labute approximate surface area is 105 Å². The lowest BCUT2D eigenvalue weighted by atomic mass is 9.85. The van der Waals surface area contributed by atoms with Crippen LogP contribution in [0.2, 0.25) is 0 Å². The Bertz CT molecular complexity index is 328. The maximum absolute atomic E-state index is 4.49. The molecular formula is C14H25N3. The predicted molar refractivity (Wildman–Crippen MR) is 70.9 cm³/mol. The van der Waals surface area contributed by atoms with Gasteiger partial charge in [-0.25, -0.2) is 0 Å². The molecule has 17 heavy (non-hydrogen) atoms. The molecule has 1 atom stereocenters. The van der Waals surface area contributed by atoms with Crippen LogP contribution in [0.1, 0.15) is 57.6 Å². The van der Waals surface area contributed by atoms with Gasteiger partial charge in [-0.1, -0.05) is 20.3 Å². The molecule has 0 saturated heterocycles. The molecule has 1 aromatic rings. The van der Waals surface area contributed by atoms with Gasteiger partial charge in [-0.05, 0) is 38.1 Å². The van der Waals surface area contributed by atoms with E-state index in [1.54, 1.807) is 0 Å². The van der Waals surface area contributed by atoms with E-state index in [1.807, 2.05) is 6.20 Å². The number of rotatable bonds is 7. The van der Waals surface area contributed by atoms with Crippen LogP contribution in [-0.4, -0.2) is 16.3 Å². The zero-order chi connectivity index (χ0) is 12.1. The van der Waals surface area contributed by atoms with Crippen molar-refractivity contribution in [3.05, 3.63) is 18.0 Å². The van der Waals surface area contributed by atoms with Crippen molar-refractivity contribution in [2.75, 3.05) is 6.54 Å². The highest BCUT2D eigenvalue weighted by atomic mass is 15.3. The van der Waals surface area contributed by atoms with Crippen molar-refractivity contribution in [2.24, 2.45) is 5.92 Å². The number of hydrogen-bond donors (Lipinski definition) is 1. The van der Waals surface area contributed by atoms with Crippen molar-refractivity contribution < 1.29 is 0 Å². The Morgan fingerprint density at radius 3 is 2.88 bits per heavy atom. The van der Waals surface area contributed by atoms with Gasteiger partial charge in [-0.15, -0.1) is 0 Å². The van der Waals surface area contributed by atoms with Gasteiger partial charge in [0.2, 0.25) is 0 Å². The largest absolute Gasteiger partial charge is 0.310 e. The summed E-state index contributed by atoms with van der Waals surface area (Å²) in [5, 5.41) is 8.07. The maximum Gasteiger partial charge on any atom is 0.0537 e. The first-order valence-corrected chi connectivity index (χ1v) is 7.09. The summed E-state index contributed by atoms with van der Waals surface area (Å²) in [5.41, 5.74) is 1.35. The molecule has 0 bridgehead atoms. The molecule has 96 valence electrons. The van der Waals surface area contributed by atoms with Gasteiger partial charge in [-0.3, -0.25) is 4.68 Å². The molecule has 3 nitrogen and oxygen atoms in total. The third-order valence-corrected chi connectivity index (χ3v) is 3.77. The minimum atomic E-state index is 0.477. The quantitative estimate of drug-likeness (QED) is 0.787. The second-order valence-electron chi connectivity index (χ2n) is 5.21. The summed E-state index contributed by atoms with van der Waals surface area (Å²) in [6.07, 6.45) is 10.8. The van der Waals surface area contributed by atoms with Gasteiger partial charge in [0.25, 0.3) is 0 Å². The molecule has 0 aliphatic heterocycles. The Balaban J connectivity index is 1.90. The van der Waals surface area contributed by atoms with Crippen molar-refractivity contribution in [1.82, 2.24) is 15.1 Å². The SMILES string of the molecule is CCCNC(CC)c1cnn(CC2CCC2)c1. The first-order valence-electron chi connectivity index (χ1n) is 7.09. The zero-order valence-corrected chi connectivity index (χ0v) is 11.2. The lowest BCUT2D eigenvalue weighted by molar-refractivity contribution is 0.266. The standard InChI is InChI=1S/C14H25N3/c1-3-8-15-14(4-2)13-9-16-17(11-13)10-12-6-5-7-12/h9,11-12,14-15H,3-8,10H2,1-2H3. The van der Waals surface area contributed by atoms with Crippen molar-refractivity contribution in [2.45, 2.75) is 58.5 Å². The Hall–Kier alpha value is -0.830. The van der Waals surface area contributed by atoms with Crippen LogP contribution in [0.3, 0.4) is 0 Å². The van der Waals surface area contributed by atoms with Crippen LogP contribution in [0.4, 0.5) is 0 Å².